The molecule has 0 saturated heterocycles. The van der Waals surface area contributed by atoms with E-state index in [2.05, 4.69) is 33.9 Å². The van der Waals surface area contributed by atoms with E-state index in [4.69, 9.17) is 20.8 Å². The molecule has 0 amide bonds. The van der Waals surface area contributed by atoms with Gasteiger partial charge in [0.15, 0.2) is 0 Å². The monoisotopic (exact) mass is 300 g/mol. The fourth-order valence-corrected chi connectivity index (χ4v) is 2.47. The van der Waals surface area contributed by atoms with Crippen molar-refractivity contribution in [3.05, 3.63) is 28.8 Å². The van der Waals surface area contributed by atoms with E-state index in [1.807, 2.05) is 0 Å². The lowest BCUT2D eigenvalue weighted by Crippen LogP contribution is -2.44. The molecule has 19 heavy (non-hydrogen) atoms. The van der Waals surface area contributed by atoms with Crippen molar-refractivity contribution < 1.29 is 14.0 Å². The molecule has 0 fully saturated rings. The smallest absolute Gasteiger partial charge is 0.341 e. The lowest BCUT2D eigenvalue weighted by molar-refractivity contribution is 0.0598. The van der Waals surface area contributed by atoms with Gasteiger partial charge in [-0.1, -0.05) is 32.4 Å². The van der Waals surface area contributed by atoms with Crippen LogP contribution in [0.1, 0.15) is 31.1 Å². The van der Waals surface area contributed by atoms with Gasteiger partial charge in [-0.05, 0) is 36.3 Å². The number of methoxy groups -OCH3 is 1. The summed E-state index contributed by atoms with van der Waals surface area (Å²) in [4.78, 5) is 11.8. The van der Waals surface area contributed by atoms with Crippen LogP contribution in [0.15, 0.2) is 18.2 Å². The van der Waals surface area contributed by atoms with Crippen LogP contribution in [0, 0.1) is 0 Å². The van der Waals surface area contributed by atoms with E-state index >= 15 is 0 Å². The van der Waals surface area contributed by atoms with Crippen molar-refractivity contribution in [1.82, 2.24) is 0 Å². The standard InChI is InChI=1S/C14H21ClO3Si/c1-14(2,3)19(5,6)18-12-9-10(15)7-8-11(12)13(16)17-4/h7-9H,1-6H3. The van der Waals surface area contributed by atoms with E-state index in [1.165, 1.54) is 7.11 Å². The van der Waals surface area contributed by atoms with Gasteiger partial charge in [-0.2, -0.15) is 0 Å². The third kappa shape index (κ3) is 3.73. The number of rotatable bonds is 3. The van der Waals surface area contributed by atoms with Crippen molar-refractivity contribution in [2.24, 2.45) is 0 Å². The zero-order valence-electron chi connectivity index (χ0n) is 12.3. The van der Waals surface area contributed by atoms with Gasteiger partial charge in [0.05, 0.1) is 7.11 Å². The predicted octanol–water partition coefficient (Wildman–Crippen LogP) is 4.51. The van der Waals surface area contributed by atoms with Crippen molar-refractivity contribution >= 4 is 25.9 Å². The Morgan fingerprint density at radius 1 is 1.26 bits per heavy atom. The molecule has 3 nitrogen and oxygen atoms in total. The molecule has 5 heteroatoms. The van der Waals surface area contributed by atoms with Gasteiger partial charge in [0.2, 0.25) is 0 Å². The first kappa shape index (κ1) is 16.1. The molecular weight excluding hydrogens is 280 g/mol. The van der Waals surface area contributed by atoms with Gasteiger partial charge in [-0.15, -0.1) is 0 Å². The van der Waals surface area contributed by atoms with Crippen molar-refractivity contribution in [3.63, 3.8) is 0 Å². The second-order valence-corrected chi connectivity index (χ2v) is 11.2. The van der Waals surface area contributed by atoms with Crippen LogP contribution >= 0.6 is 11.6 Å². The topological polar surface area (TPSA) is 35.5 Å². The highest BCUT2D eigenvalue weighted by Crippen LogP contribution is 2.38. The average molecular weight is 301 g/mol. The summed E-state index contributed by atoms with van der Waals surface area (Å²) in [5, 5.41) is 0.587. The predicted molar refractivity (Wildman–Crippen MR) is 80.6 cm³/mol. The molecule has 0 atom stereocenters. The van der Waals surface area contributed by atoms with Gasteiger partial charge in [0.1, 0.15) is 11.3 Å². The minimum atomic E-state index is -2.03. The average Bonchev–Trinajstić information content (AvgIpc) is 2.26. The van der Waals surface area contributed by atoms with E-state index in [0.717, 1.165) is 0 Å². The molecule has 0 aliphatic heterocycles. The summed E-state index contributed by atoms with van der Waals surface area (Å²) in [7, 11) is -0.671. The normalized spacial score (nSPS) is 12.2. The van der Waals surface area contributed by atoms with Crippen LogP contribution in [-0.4, -0.2) is 21.4 Å². The van der Waals surface area contributed by atoms with Crippen LogP contribution < -0.4 is 4.43 Å². The quantitative estimate of drug-likeness (QED) is 0.608. The molecule has 0 saturated carbocycles. The van der Waals surface area contributed by atoms with Crippen molar-refractivity contribution in [2.45, 2.75) is 38.9 Å². The van der Waals surface area contributed by atoms with Crippen LogP contribution in [0.25, 0.3) is 0 Å². The van der Waals surface area contributed by atoms with Crippen molar-refractivity contribution in [3.8, 4) is 5.75 Å². The molecule has 0 aliphatic carbocycles. The van der Waals surface area contributed by atoms with Crippen molar-refractivity contribution in [1.29, 1.82) is 0 Å². The number of esters is 1. The van der Waals surface area contributed by atoms with Gasteiger partial charge in [-0.25, -0.2) is 4.79 Å². The molecule has 0 spiro atoms. The lowest BCUT2D eigenvalue weighted by atomic mass is 10.2. The summed E-state index contributed by atoms with van der Waals surface area (Å²) in [5.74, 6) is 0.0938. The number of halogens is 1. The third-order valence-electron chi connectivity index (χ3n) is 3.52. The Labute approximate surface area is 121 Å². The van der Waals surface area contributed by atoms with Gasteiger partial charge in [0.25, 0.3) is 8.32 Å². The largest absolute Gasteiger partial charge is 0.543 e. The van der Waals surface area contributed by atoms with E-state index in [0.29, 0.717) is 16.3 Å². The Balaban J connectivity index is 3.20. The third-order valence-corrected chi connectivity index (χ3v) is 8.10. The Hall–Kier alpha value is -1.00. The highest BCUT2D eigenvalue weighted by Gasteiger charge is 2.39. The molecular formula is C14H21ClO3Si. The summed E-state index contributed by atoms with van der Waals surface area (Å²) in [6.07, 6.45) is 0. The second kappa shape index (κ2) is 5.55. The lowest BCUT2D eigenvalue weighted by Gasteiger charge is -2.36. The maximum absolute atomic E-state index is 11.8. The van der Waals surface area contributed by atoms with Crippen LogP contribution in [0.2, 0.25) is 23.2 Å². The van der Waals surface area contributed by atoms with Crippen LogP contribution in [-0.2, 0) is 4.74 Å². The van der Waals surface area contributed by atoms with Crippen LogP contribution in [0.4, 0.5) is 0 Å². The summed E-state index contributed by atoms with van der Waals surface area (Å²) >= 11 is 5.99. The maximum Gasteiger partial charge on any atom is 0.341 e. The summed E-state index contributed by atoms with van der Waals surface area (Å²) in [6.45, 7) is 10.7. The van der Waals surface area contributed by atoms with Crippen molar-refractivity contribution in [2.75, 3.05) is 7.11 Å². The molecule has 1 rings (SSSR count). The summed E-state index contributed by atoms with van der Waals surface area (Å²) < 4.78 is 10.9. The zero-order chi connectivity index (χ0) is 14.8. The van der Waals surface area contributed by atoms with Gasteiger partial charge >= 0.3 is 5.97 Å². The summed E-state index contributed by atoms with van der Waals surface area (Å²) in [6, 6.07) is 4.97. The second-order valence-electron chi connectivity index (χ2n) is 5.99. The Kier molecular flexibility index (Phi) is 4.69. The Morgan fingerprint density at radius 2 is 1.84 bits per heavy atom. The van der Waals surface area contributed by atoms with Gasteiger partial charge in [0, 0.05) is 5.02 Å². The minimum Gasteiger partial charge on any atom is -0.543 e. The summed E-state index contributed by atoms with van der Waals surface area (Å²) in [5.41, 5.74) is 0.414. The highest BCUT2D eigenvalue weighted by atomic mass is 35.5. The molecule has 0 heterocycles. The Bertz CT molecular complexity index is 478. The van der Waals surface area contributed by atoms with E-state index < -0.39 is 14.3 Å². The number of carbonyl (C=O) groups excluding carboxylic acids is 1. The fraction of sp³-hybridized carbons (Fsp3) is 0.500. The molecule has 0 bridgehead atoms. The van der Waals surface area contributed by atoms with Crippen LogP contribution in [0.3, 0.4) is 0 Å². The number of benzene rings is 1. The van der Waals surface area contributed by atoms with E-state index in [9.17, 15) is 4.79 Å². The molecule has 106 valence electrons. The van der Waals surface area contributed by atoms with Gasteiger partial charge in [-0.3, -0.25) is 0 Å². The molecule has 0 unspecified atom stereocenters. The number of carbonyl (C=O) groups is 1. The number of hydrogen-bond acceptors (Lipinski definition) is 3. The fourth-order valence-electron chi connectivity index (χ4n) is 1.29. The first-order valence-corrected chi connectivity index (χ1v) is 9.44. The van der Waals surface area contributed by atoms with E-state index in [1.54, 1.807) is 18.2 Å². The first-order valence-electron chi connectivity index (χ1n) is 6.15. The molecule has 0 radical (unpaired) electrons. The zero-order valence-corrected chi connectivity index (χ0v) is 14.1. The highest BCUT2D eigenvalue weighted by molar-refractivity contribution is 6.74. The first-order chi connectivity index (χ1) is 8.58. The SMILES string of the molecule is COC(=O)c1ccc(Cl)cc1O[Si](C)(C)C(C)(C)C. The van der Waals surface area contributed by atoms with Gasteiger partial charge < -0.3 is 9.16 Å². The number of hydrogen-bond donors (Lipinski definition) is 0. The Morgan fingerprint density at radius 3 is 2.32 bits per heavy atom. The van der Waals surface area contributed by atoms with Crippen LogP contribution in [0.5, 0.6) is 5.75 Å². The number of ether oxygens (including phenoxy) is 1. The molecule has 1 aromatic carbocycles. The molecule has 0 aliphatic rings. The minimum absolute atomic E-state index is 0.0444. The van der Waals surface area contributed by atoms with E-state index in [-0.39, 0.29) is 5.04 Å². The molecule has 0 aromatic heterocycles. The maximum atomic E-state index is 11.8. The molecule has 1 aromatic rings. The molecule has 0 N–H and O–H groups in total.